The predicted molar refractivity (Wildman–Crippen MR) is 312 cm³/mol. The fourth-order valence-electron chi connectivity index (χ4n) is 19.1. The molecule has 524 valence electrons. The van der Waals surface area contributed by atoms with E-state index in [0.29, 0.717) is 44.1 Å². The molecule has 33 atom stereocenters. The van der Waals surface area contributed by atoms with Crippen molar-refractivity contribution in [2.24, 2.45) is 50.2 Å². The number of fused-ring (bicyclic) bond motifs is 4. The molecule has 5 saturated carbocycles. The molecular formula is C64H100O28. The minimum atomic E-state index is -2.30. The molecule has 28 nitrogen and oxygen atoms in total. The van der Waals surface area contributed by atoms with Gasteiger partial charge in [0.25, 0.3) is 0 Å². The fraction of sp³-hybridized carbons (Fsp3) is 0.891. The number of allylic oxidation sites excluding steroid dienone is 2. The van der Waals surface area contributed by atoms with Crippen molar-refractivity contribution in [1.29, 1.82) is 0 Å². The number of rotatable bonds is 15. The molecule has 0 radical (unpaired) electrons. The first kappa shape index (κ1) is 71.8. The molecule has 5 heterocycles. The van der Waals surface area contributed by atoms with Crippen molar-refractivity contribution in [3.8, 4) is 0 Å². The molecule has 10 rings (SSSR count). The number of aliphatic carboxylic acids is 1. The Morgan fingerprint density at radius 1 is 0.533 bits per heavy atom. The van der Waals surface area contributed by atoms with Crippen molar-refractivity contribution in [1.82, 2.24) is 0 Å². The molecule has 0 aromatic heterocycles. The molecule has 5 aliphatic heterocycles. The molecule has 10 aliphatic rings. The van der Waals surface area contributed by atoms with Crippen LogP contribution in [0.25, 0.3) is 0 Å². The average molecular weight is 1320 g/mol. The second kappa shape index (κ2) is 25.7. The number of carboxylic acid groups (broad SMARTS) is 1. The summed E-state index contributed by atoms with van der Waals surface area (Å²) in [5.74, 6) is -3.94. The maximum Gasteiger partial charge on any atom is 0.335 e. The van der Waals surface area contributed by atoms with Crippen LogP contribution in [-0.4, -0.2) is 262 Å². The van der Waals surface area contributed by atoms with Crippen molar-refractivity contribution >= 4 is 17.9 Å². The largest absolute Gasteiger partial charge is 0.479 e. The van der Waals surface area contributed by atoms with Crippen LogP contribution in [0.3, 0.4) is 0 Å². The quantitative estimate of drug-likeness (QED) is 0.0535. The minimum absolute atomic E-state index is 0.0864. The smallest absolute Gasteiger partial charge is 0.335 e. The minimum Gasteiger partial charge on any atom is -0.479 e. The molecule has 14 N–H and O–H groups in total. The molecule has 0 aromatic rings. The van der Waals surface area contributed by atoms with Crippen LogP contribution >= 0.6 is 0 Å². The van der Waals surface area contributed by atoms with E-state index >= 15 is 0 Å². The third-order valence-electron chi connectivity index (χ3n) is 24.8. The van der Waals surface area contributed by atoms with Crippen LogP contribution in [0.4, 0.5) is 0 Å². The van der Waals surface area contributed by atoms with Crippen LogP contribution in [0.2, 0.25) is 0 Å². The summed E-state index contributed by atoms with van der Waals surface area (Å²) in [7, 11) is 0. The number of aliphatic hydroxyl groups excluding tert-OH is 13. The van der Waals surface area contributed by atoms with Crippen LogP contribution in [0.5, 0.6) is 0 Å². The summed E-state index contributed by atoms with van der Waals surface area (Å²) in [6.07, 6.45) is -38.0. The number of carbonyl (C=O) groups excluding carboxylic acids is 2. The van der Waals surface area contributed by atoms with E-state index in [1.165, 1.54) is 6.92 Å². The topological polar surface area (TPSA) is 436 Å². The van der Waals surface area contributed by atoms with Gasteiger partial charge in [0.2, 0.25) is 0 Å². The van der Waals surface area contributed by atoms with Crippen LogP contribution < -0.4 is 0 Å². The van der Waals surface area contributed by atoms with Crippen LogP contribution in [-0.2, 0) is 66.5 Å². The zero-order chi connectivity index (χ0) is 67.8. The summed E-state index contributed by atoms with van der Waals surface area (Å²) >= 11 is 0. The lowest BCUT2D eigenvalue weighted by Crippen LogP contribution is -2.77. The van der Waals surface area contributed by atoms with E-state index < -0.39 is 229 Å². The first-order valence-corrected chi connectivity index (χ1v) is 32.5. The van der Waals surface area contributed by atoms with Crippen molar-refractivity contribution < 1.29 is 138 Å². The second-order valence-corrected chi connectivity index (χ2v) is 30.0. The third-order valence-corrected chi connectivity index (χ3v) is 24.8. The van der Waals surface area contributed by atoms with Gasteiger partial charge in [-0.3, -0.25) is 0 Å². The summed E-state index contributed by atoms with van der Waals surface area (Å²) in [4.78, 5) is 41.5. The van der Waals surface area contributed by atoms with Crippen LogP contribution in [0.15, 0.2) is 23.3 Å². The lowest BCUT2D eigenvalue weighted by Gasteiger charge is -2.75. The van der Waals surface area contributed by atoms with Gasteiger partial charge < -0.3 is 124 Å². The summed E-state index contributed by atoms with van der Waals surface area (Å²) in [5.41, 5.74) is -5.85. The highest BCUT2D eigenvalue weighted by molar-refractivity contribution is 5.88. The Labute approximate surface area is 534 Å². The Morgan fingerprint density at radius 2 is 1.07 bits per heavy atom. The second-order valence-electron chi connectivity index (χ2n) is 30.0. The van der Waals surface area contributed by atoms with E-state index in [2.05, 4.69) is 20.8 Å². The molecule has 0 unspecified atom stereocenters. The zero-order valence-electron chi connectivity index (χ0n) is 54.4. The van der Waals surface area contributed by atoms with Crippen molar-refractivity contribution in [3.63, 3.8) is 0 Å². The maximum atomic E-state index is 14.2. The lowest BCUT2D eigenvalue weighted by molar-refractivity contribution is -0.406. The van der Waals surface area contributed by atoms with Gasteiger partial charge in [0, 0.05) is 22.5 Å². The molecular weight excluding hydrogens is 1220 g/mol. The van der Waals surface area contributed by atoms with Gasteiger partial charge in [0.15, 0.2) is 37.6 Å². The van der Waals surface area contributed by atoms with E-state index in [1.54, 1.807) is 39.8 Å². The lowest BCUT2D eigenvalue weighted by atomic mass is 9.30. The molecule has 10 fully saturated rings. The van der Waals surface area contributed by atoms with Crippen molar-refractivity contribution in [2.45, 2.75) is 294 Å². The first-order valence-electron chi connectivity index (χ1n) is 32.5. The number of ether oxygens (including phenoxy) is 11. The van der Waals surface area contributed by atoms with Gasteiger partial charge >= 0.3 is 17.9 Å². The van der Waals surface area contributed by atoms with Gasteiger partial charge in [-0.1, -0.05) is 60.6 Å². The standard InChI is InChI=1S/C64H100O28/c1-13-25(3)51(79)85-34-22-62(12)61(11)19-15-30-59(8,9)33(17-18-60(30,10)31(61)16-20-63(62)32-21-58(6,7)48(76)49(64(32,34)57(81)92-63)91-52(80)26(4)14-2)86-56-47(90-54-42(74)39(71)36(68)28(23-65)83-54)44(43(75)45(88-56)50(77)78)87-55-46(40(72)37(69)29(24-66)84-55)89-53-41(73)38(70)35(67)27(5)82-53/h13-14,27-49,53-57,65-76,81H,15-24H2,1-12H3,(H,77,78)/b25-13-,26-14+/t27-,28-,29-,30+,31-,32-,33+,34-,35-,36-,37-,38+,39+,40+,41-,42-,43-,44-,45-,46-,47+,48-,49-,53+,54+,55+,56+,57-,60+,61-,62-,63-,64+/m0/s1. The van der Waals surface area contributed by atoms with Gasteiger partial charge in [0.05, 0.1) is 37.1 Å². The van der Waals surface area contributed by atoms with Crippen LogP contribution in [0, 0.1) is 50.2 Å². The maximum absolute atomic E-state index is 14.2. The van der Waals surface area contributed by atoms with Gasteiger partial charge in [-0.25, -0.2) is 14.4 Å². The van der Waals surface area contributed by atoms with E-state index in [-0.39, 0.29) is 30.3 Å². The SMILES string of the molecule is C/C=C(/C)C(=O)O[C@H]1C[C@@]2(C)[C@@]3(C)CC[C@@H]4C(C)(C)[C@H](O[C@@H]5O[C@H](C(=O)O)[C@@H](O)[C@H](O[C@H]6O[C@@H](CO)[C@H](O)[C@@H](O)[C@@H]6O[C@H]6O[C@@H](C)[C@H](O)[C@@H](O)[C@@H]6O)[C@H]5O[C@H]5O[C@@H](CO)[C@H](O)[C@@H](O)[C@@H]5O)CC[C@@]4(C)[C@@H]3CC[C@@]23O[C@H](O)[C@]12[C@H]3CC(C)(C)[C@@H](O)[C@@H]2OC(=O)/C(C)=C/C. The first-order chi connectivity index (χ1) is 42.9. The average Bonchev–Trinajstić information content (AvgIpc) is 1.41. The highest BCUT2D eigenvalue weighted by Crippen LogP contribution is 2.82. The predicted octanol–water partition coefficient (Wildman–Crippen LogP) is -0.937. The number of esters is 2. The Balaban J connectivity index is 0.998. The van der Waals surface area contributed by atoms with Crippen LogP contribution in [0.1, 0.15) is 134 Å². The fourth-order valence-corrected chi connectivity index (χ4v) is 19.1. The van der Waals surface area contributed by atoms with Gasteiger partial charge in [-0.15, -0.1) is 0 Å². The molecule has 0 amide bonds. The molecule has 0 aromatic carbocycles. The summed E-state index contributed by atoms with van der Waals surface area (Å²) in [6.45, 7) is 20.6. The van der Waals surface area contributed by atoms with Crippen molar-refractivity contribution in [2.75, 3.05) is 13.2 Å². The third kappa shape index (κ3) is 11.0. The Hall–Kier alpha value is -2.99. The number of carboxylic acids is 1. The molecule has 2 bridgehead atoms. The zero-order valence-corrected chi connectivity index (χ0v) is 54.4. The van der Waals surface area contributed by atoms with Crippen molar-refractivity contribution in [3.05, 3.63) is 23.3 Å². The number of carbonyl (C=O) groups is 3. The Kier molecular flexibility index (Phi) is 20.1. The van der Waals surface area contributed by atoms with Gasteiger partial charge in [-0.05, 0) is 119 Å². The number of aliphatic hydroxyl groups is 13. The van der Waals surface area contributed by atoms with Gasteiger partial charge in [0.1, 0.15) is 103 Å². The molecule has 5 saturated heterocycles. The Morgan fingerprint density at radius 3 is 1.66 bits per heavy atom. The molecule has 92 heavy (non-hydrogen) atoms. The normalized spacial score (nSPS) is 52.4. The highest BCUT2D eigenvalue weighted by atomic mass is 16.8. The van der Waals surface area contributed by atoms with E-state index in [1.807, 2.05) is 27.7 Å². The summed E-state index contributed by atoms with van der Waals surface area (Å²) < 4.78 is 69.6. The number of hydrogen-bond donors (Lipinski definition) is 14. The highest BCUT2D eigenvalue weighted by Gasteiger charge is 2.86. The van der Waals surface area contributed by atoms with E-state index in [9.17, 15) is 85.9 Å². The molecule has 28 heteroatoms. The molecule has 1 spiro atoms. The monoisotopic (exact) mass is 1320 g/mol. The van der Waals surface area contributed by atoms with Gasteiger partial charge in [-0.2, -0.15) is 0 Å². The molecule has 5 aliphatic carbocycles. The van der Waals surface area contributed by atoms with E-state index in [0.717, 1.165) is 0 Å². The van der Waals surface area contributed by atoms with E-state index in [4.69, 9.17) is 52.1 Å². The summed E-state index contributed by atoms with van der Waals surface area (Å²) in [6, 6.07) is 0. The Bertz CT molecular complexity index is 2760. The summed E-state index contributed by atoms with van der Waals surface area (Å²) in [5, 5.41) is 157. The number of hydrogen-bond acceptors (Lipinski definition) is 27.